The number of benzene rings is 1. The second-order valence-corrected chi connectivity index (χ2v) is 5.49. The Morgan fingerprint density at radius 1 is 1.27 bits per heavy atom. The minimum absolute atomic E-state index is 0.153. The SMILES string of the molecule is CCC(CC)NC(=O)c1cc(Cl)c(-n2cccc2)cc1OC. The summed E-state index contributed by atoms with van der Waals surface area (Å²) in [6, 6.07) is 7.42. The van der Waals surface area contributed by atoms with Crippen LogP contribution in [0.25, 0.3) is 5.69 Å². The molecule has 0 aliphatic carbocycles. The smallest absolute Gasteiger partial charge is 0.255 e. The number of hydrogen-bond acceptors (Lipinski definition) is 2. The number of nitrogens with zero attached hydrogens (tertiary/aromatic N) is 1. The number of ether oxygens (including phenoxy) is 1. The van der Waals surface area contributed by atoms with Crippen LogP contribution in [0.1, 0.15) is 37.0 Å². The molecular weight excluding hydrogens is 300 g/mol. The lowest BCUT2D eigenvalue weighted by molar-refractivity contribution is 0.0932. The molecule has 0 unspecified atom stereocenters. The van der Waals surface area contributed by atoms with E-state index in [0.717, 1.165) is 18.5 Å². The molecule has 0 aliphatic rings. The van der Waals surface area contributed by atoms with Gasteiger partial charge in [-0.15, -0.1) is 0 Å². The molecule has 0 aliphatic heterocycles. The first-order valence-electron chi connectivity index (χ1n) is 7.42. The largest absolute Gasteiger partial charge is 0.496 e. The lowest BCUT2D eigenvalue weighted by Gasteiger charge is -2.17. The molecule has 2 rings (SSSR count). The molecular formula is C17H21ClN2O2. The maximum Gasteiger partial charge on any atom is 0.255 e. The maximum absolute atomic E-state index is 12.4. The van der Waals surface area contributed by atoms with E-state index in [-0.39, 0.29) is 11.9 Å². The van der Waals surface area contributed by atoms with Crippen molar-refractivity contribution < 1.29 is 9.53 Å². The van der Waals surface area contributed by atoms with Crippen LogP contribution in [0, 0.1) is 0 Å². The first-order chi connectivity index (χ1) is 10.6. The minimum atomic E-state index is -0.161. The van der Waals surface area contributed by atoms with Crippen LogP contribution < -0.4 is 10.1 Å². The van der Waals surface area contributed by atoms with Crippen molar-refractivity contribution in [3.8, 4) is 11.4 Å². The lowest BCUT2D eigenvalue weighted by Crippen LogP contribution is -2.34. The summed E-state index contributed by atoms with van der Waals surface area (Å²) in [4.78, 5) is 12.4. The van der Waals surface area contributed by atoms with Gasteiger partial charge in [-0.05, 0) is 31.0 Å². The van der Waals surface area contributed by atoms with Gasteiger partial charge in [0.1, 0.15) is 5.75 Å². The molecule has 2 aromatic rings. The van der Waals surface area contributed by atoms with Gasteiger partial charge in [0.15, 0.2) is 0 Å². The summed E-state index contributed by atoms with van der Waals surface area (Å²) in [7, 11) is 1.55. The van der Waals surface area contributed by atoms with Gasteiger partial charge in [-0.3, -0.25) is 4.79 Å². The first kappa shape index (κ1) is 16.4. The molecule has 118 valence electrons. The maximum atomic E-state index is 12.4. The van der Waals surface area contributed by atoms with Gasteiger partial charge in [0, 0.05) is 24.5 Å². The summed E-state index contributed by atoms with van der Waals surface area (Å²) in [5.41, 5.74) is 1.23. The van der Waals surface area contributed by atoms with E-state index < -0.39 is 0 Å². The molecule has 0 saturated heterocycles. The molecule has 0 spiro atoms. The highest BCUT2D eigenvalue weighted by molar-refractivity contribution is 6.33. The second-order valence-electron chi connectivity index (χ2n) is 5.08. The molecule has 1 N–H and O–H groups in total. The number of aromatic nitrogens is 1. The fourth-order valence-electron chi connectivity index (χ4n) is 2.34. The fourth-order valence-corrected chi connectivity index (χ4v) is 2.60. The number of hydrogen-bond donors (Lipinski definition) is 1. The van der Waals surface area contributed by atoms with Gasteiger partial charge in [0.2, 0.25) is 0 Å². The van der Waals surface area contributed by atoms with Gasteiger partial charge < -0.3 is 14.6 Å². The molecule has 5 heteroatoms. The van der Waals surface area contributed by atoms with Crippen LogP contribution in [-0.4, -0.2) is 23.6 Å². The number of rotatable bonds is 6. The van der Waals surface area contributed by atoms with E-state index in [1.807, 2.05) is 42.9 Å². The van der Waals surface area contributed by atoms with Crippen molar-refractivity contribution in [2.24, 2.45) is 0 Å². The molecule has 1 amide bonds. The third-order valence-electron chi connectivity index (χ3n) is 3.72. The Morgan fingerprint density at radius 3 is 2.45 bits per heavy atom. The Bertz CT molecular complexity index is 634. The Labute approximate surface area is 136 Å². The predicted molar refractivity (Wildman–Crippen MR) is 89.2 cm³/mol. The van der Waals surface area contributed by atoms with Crippen LogP contribution in [-0.2, 0) is 0 Å². The lowest BCUT2D eigenvalue weighted by atomic mass is 10.1. The van der Waals surface area contributed by atoms with Crippen molar-refractivity contribution >= 4 is 17.5 Å². The monoisotopic (exact) mass is 320 g/mol. The molecule has 0 saturated carbocycles. The van der Waals surface area contributed by atoms with Crippen LogP contribution >= 0.6 is 11.6 Å². The predicted octanol–water partition coefficient (Wildman–Crippen LogP) is 4.06. The molecule has 1 aromatic heterocycles. The highest BCUT2D eigenvalue weighted by Crippen LogP contribution is 2.30. The summed E-state index contributed by atoms with van der Waals surface area (Å²) >= 11 is 6.34. The Balaban J connectivity index is 2.36. The van der Waals surface area contributed by atoms with E-state index >= 15 is 0 Å². The summed E-state index contributed by atoms with van der Waals surface area (Å²) in [5, 5.41) is 3.51. The second kappa shape index (κ2) is 7.36. The normalized spacial score (nSPS) is 10.8. The molecule has 0 fully saturated rings. The van der Waals surface area contributed by atoms with Crippen molar-refractivity contribution in [1.29, 1.82) is 0 Å². The van der Waals surface area contributed by atoms with Crippen LogP contribution in [0.15, 0.2) is 36.7 Å². The Kier molecular flexibility index (Phi) is 5.50. The van der Waals surface area contributed by atoms with Gasteiger partial charge in [-0.1, -0.05) is 25.4 Å². The van der Waals surface area contributed by atoms with Crippen LogP contribution in [0.2, 0.25) is 5.02 Å². The zero-order valence-corrected chi connectivity index (χ0v) is 13.9. The third kappa shape index (κ3) is 3.45. The molecule has 0 atom stereocenters. The highest BCUT2D eigenvalue weighted by Gasteiger charge is 2.18. The van der Waals surface area contributed by atoms with E-state index in [1.165, 1.54) is 0 Å². The van der Waals surface area contributed by atoms with E-state index in [2.05, 4.69) is 5.32 Å². The van der Waals surface area contributed by atoms with Crippen molar-refractivity contribution in [3.63, 3.8) is 0 Å². The number of amides is 1. The van der Waals surface area contributed by atoms with Gasteiger partial charge in [-0.2, -0.15) is 0 Å². The van der Waals surface area contributed by atoms with Crippen LogP contribution in [0.4, 0.5) is 0 Å². The first-order valence-corrected chi connectivity index (χ1v) is 7.80. The topological polar surface area (TPSA) is 43.3 Å². The standard InChI is InChI=1S/C17H21ClN2O2/c1-4-12(5-2)19-17(21)13-10-14(18)15(11-16(13)22-3)20-8-6-7-9-20/h6-12H,4-5H2,1-3H3,(H,19,21). The summed E-state index contributed by atoms with van der Waals surface area (Å²) in [5.74, 6) is 0.350. The third-order valence-corrected chi connectivity index (χ3v) is 4.02. The highest BCUT2D eigenvalue weighted by atomic mass is 35.5. The zero-order valence-electron chi connectivity index (χ0n) is 13.1. The summed E-state index contributed by atoms with van der Waals surface area (Å²) in [6.45, 7) is 4.10. The van der Waals surface area contributed by atoms with Crippen LogP contribution in [0.5, 0.6) is 5.75 Å². The summed E-state index contributed by atoms with van der Waals surface area (Å²) < 4.78 is 7.26. The average molecular weight is 321 g/mol. The quantitative estimate of drug-likeness (QED) is 0.872. The van der Waals surface area contributed by atoms with E-state index in [0.29, 0.717) is 16.3 Å². The molecule has 22 heavy (non-hydrogen) atoms. The molecule has 0 radical (unpaired) electrons. The van der Waals surface area contributed by atoms with Crippen molar-refractivity contribution in [3.05, 3.63) is 47.2 Å². The van der Waals surface area contributed by atoms with Gasteiger partial charge in [0.25, 0.3) is 5.91 Å². The molecule has 1 heterocycles. The zero-order chi connectivity index (χ0) is 16.1. The number of carbonyl (C=O) groups is 1. The Morgan fingerprint density at radius 2 is 1.91 bits per heavy atom. The van der Waals surface area contributed by atoms with Gasteiger partial charge in [0.05, 0.1) is 23.4 Å². The van der Waals surface area contributed by atoms with E-state index in [9.17, 15) is 4.79 Å². The summed E-state index contributed by atoms with van der Waals surface area (Å²) in [6.07, 6.45) is 5.56. The van der Waals surface area contributed by atoms with Crippen molar-refractivity contribution in [2.45, 2.75) is 32.7 Å². The molecule has 1 aromatic carbocycles. The molecule has 0 bridgehead atoms. The van der Waals surface area contributed by atoms with Crippen molar-refractivity contribution in [1.82, 2.24) is 9.88 Å². The molecule has 4 nitrogen and oxygen atoms in total. The fraction of sp³-hybridized carbons (Fsp3) is 0.353. The average Bonchev–Trinajstić information content (AvgIpc) is 3.06. The van der Waals surface area contributed by atoms with Crippen LogP contribution in [0.3, 0.4) is 0 Å². The van der Waals surface area contributed by atoms with Gasteiger partial charge in [-0.25, -0.2) is 0 Å². The number of methoxy groups -OCH3 is 1. The van der Waals surface area contributed by atoms with Crippen molar-refractivity contribution in [2.75, 3.05) is 7.11 Å². The van der Waals surface area contributed by atoms with Gasteiger partial charge >= 0.3 is 0 Å². The number of halogens is 1. The van der Waals surface area contributed by atoms with E-state index in [1.54, 1.807) is 19.2 Å². The number of carbonyl (C=O) groups excluding carboxylic acids is 1. The Hall–Kier alpha value is -1.94. The minimum Gasteiger partial charge on any atom is -0.496 e. The van der Waals surface area contributed by atoms with E-state index in [4.69, 9.17) is 16.3 Å². The number of nitrogens with one attached hydrogen (secondary N) is 1.